The van der Waals surface area contributed by atoms with Crippen molar-refractivity contribution >= 4 is 44.2 Å². The van der Waals surface area contributed by atoms with Crippen molar-refractivity contribution in [1.82, 2.24) is 15.2 Å². The van der Waals surface area contributed by atoms with Crippen molar-refractivity contribution in [2.75, 3.05) is 5.32 Å². The number of thiazole rings is 1. The van der Waals surface area contributed by atoms with Crippen LogP contribution in [0.3, 0.4) is 0 Å². The third kappa shape index (κ3) is 2.86. The highest BCUT2D eigenvalue weighted by molar-refractivity contribution is 7.22. The van der Waals surface area contributed by atoms with Crippen LogP contribution in [0.1, 0.15) is 21.6 Å². The van der Waals surface area contributed by atoms with E-state index < -0.39 is 0 Å². The third-order valence-electron chi connectivity index (χ3n) is 2.91. The van der Waals surface area contributed by atoms with Gasteiger partial charge < -0.3 is 0 Å². The van der Waals surface area contributed by atoms with Gasteiger partial charge in [0.05, 0.1) is 10.2 Å². The topological polar surface area (TPSA) is 67.8 Å². The molecule has 0 atom stereocenters. The Morgan fingerprint density at radius 3 is 2.76 bits per heavy atom. The molecule has 0 spiro atoms. The summed E-state index contributed by atoms with van der Waals surface area (Å²) in [6, 6.07) is 7.17. The zero-order chi connectivity index (χ0) is 15.0. The Hall–Kier alpha value is -2.05. The summed E-state index contributed by atoms with van der Waals surface area (Å²) in [4.78, 5) is 16.5. The molecule has 0 saturated heterocycles. The molecular weight excluding hydrogens is 308 g/mol. The van der Waals surface area contributed by atoms with E-state index in [1.54, 1.807) is 0 Å². The summed E-state index contributed by atoms with van der Waals surface area (Å²) in [7, 11) is 0. The van der Waals surface area contributed by atoms with Gasteiger partial charge >= 0.3 is 0 Å². The Morgan fingerprint density at radius 1 is 1.24 bits per heavy atom. The van der Waals surface area contributed by atoms with Crippen LogP contribution in [0.15, 0.2) is 24.3 Å². The molecule has 2 heterocycles. The van der Waals surface area contributed by atoms with E-state index in [1.807, 2.05) is 13.8 Å². The predicted molar refractivity (Wildman–Crippen MR) is 84.1 cm³/mol. The fourth-order valence-corrected chi connectivity index (χ4v) is 3.16. The first-order valence-electron chi connectivity index (χ1n) is 6.21. The minimum Gasteiger partial charge on any atom is -0.296 e. The van der Waals surface area contributed by atoms with E-state index in [2.05, 4.69) is 32.6 Å². The number of aryl methyl sites for hydroxylation is 2. The lowest BCUT2D eigenvalue weighted by atomic mass is 10.1. The van der Waals surface area contributed by atoms with Gasteiger partial charge in [0.1, 0.15) is 0 Å². The van der Waals surface area contributed by atoms with Crippen molar-refractivity contribution in [1.29, 1.82) is 0 Å². The predicted octanol–water partition coefficient (Wildman–Crippen LogP) is 3.61. The summed E-state index contributed by atoms with van der Waals surface area (Å²) in [6.45, 7) is 4.04. The van der Waals surface area contributed by atoms with E-state index in [1.165, 1.54) is 29.0 Å². The van der Waals surface area contributed by atoms with Gasteiger partial charge in [-0.3, -0.25) is 10.1 Å². The molecule has 3 aromatic rings. The number of aromatic nitrogens is 3. The summed E-state index contributed by atoms with van der Waals surface area (Å²) in [5, 5.41) is 10.9. The number of rotatable bonds is 2. The monoisotopic (exact) mass is 318 g/mol. The fourth-order valence-electron chi connectivity index (χ4n) is 2.02. The molecule has 0 radical (unpaired) electrons. The molecule has 0 unspecified atom stereocenters. The van der Waals surface area contributed by atoms with E-state index in [-0.39, 0.29) is 16.8 Å². The number of hydrogen-bond acceptors (Lipinski definition) is 5. The number of nitrogens with one attached hydrogen (secondary N) is 1. The summed E-state index contributed by atoms with van der Waals surface area (Å²) >= 11 is 7.08. The highest BCUT2D eigenvalue weighted by Crippen LogP contribution is 2.29. The standard InChI is InChI=1S/C14H11ClN4OS/c1-7-5-8(2)12-10(6-7)21-14(16-12)17-13(20)9-3-4-11(15)19-18-9/h3-6H,1-2H3,(H,16,17,20). The third-order valence-corrected chi connectivity index (χ3v) is 4.03. The molecule has 0 aliphatic carbocycles. The maximum atomic E-state index is 12.1. The molecule has 1 aromatic carbocycles. The zero-order valence-corrected chi connectivity index (χ0v) is 12.9. The second kappa shape index (κ2) is 5.38. The number of halogens is 1. The van der Waals surface area contributed by atoms with Gasteiger partial charge in [0, 0.05) is 0 Å². The molecule has 21 heavy (non-hydrogen) atoms. The molecule has 3 rings (SSSR count). The van der Waals surface area contributed by atoms with Gasteiger partial charge in [0.15, 0.2) is 16.0 Å². The summed E-state index contributed by atoms with van der Waals surface area (Å²) in [6.07, 6.45) is 0. The van der Waals surface area contributed by atoms with Crippen LogP contribution < -0.4 is 5.32 Å². The van der Waals surface area contributed by atoms with Crippen molar-refractivity contribution in [2.24, 2.45) is 0 Å². The van der Waals surface area contributed by atoms with Gasteiger partial charge in [-0.1, -0.05) is 29.0 Å². The van der Waals surface area contributed by atoms with Crippen LogP contribution in [-0.2, 0) is 0 Å². The molecule has 0 aliphatic rings. The van der Waals surface area contributed by atoms with Gasteiger partial charge in [-0.25, -0.2) is 4.98 Å². The van der Waals surface area contributed by atoms with E-state index >= 15 is 0 Å². The number of amides is 1. The number of fused-ring (bicyclic) bond motifs is 1. The molecule has 2 aromatic heterocycles. The first-order valence-corrected chi connectivity index (χ1v) is 7.41. The Bertz CT molecular complexity index is 829. The molecular formula is C14H11ClN4OS. The first kappa shape index (κ1) is 13.9. The molecule has 1 amide bonds. The van der Waals surface area contributed by atoms with Crippen LogP contribution in [0, 0.1) is 13.8 Å². The highest BCUT2D eigenvalue weighted by Gasteiger charge is 2.12. The average Bonchev–Trinajstić information content (AvgIpc) is 2.82. The van der Waals surface area contributed by atoms with E-state index in [9.17, 15) is 4.79 Å². The highest BCUT2D eigenvalue weighted by atomic mass is 35.5. The first-order chi connectivity index (χ1) is 10.0. The summed E-state index contributed by atoms with van der Waals surface area (Å²) in [5.41, 5.74) is 3.37. The number of carbonyl (C=O) groups excluding carboxylic acids is 1. The molecule has 7 heteroatoms. The number of hydrogen-bond donors (Lipinski definition) is 1. The van der Waals surface area contributed by atoms with Crippen LogP contribution in [0.2, 0.25) is 5.15 Å². The van der Waals surface area contributed by atoms with Crippen LogP contribution in [0.5, 0.6) is 0 Å². The van der Waals surface area contributed by atoms with Gasteiger partial charge in [0.25, 0.3) is 5.91 Å². The van der Waals surface area contributed by atoms with Gasteiger partial charge in [-0.2, -0.15) is 0 Å². The minimum absolute atomic E-state index is 0.201. The SMILES string of the molecule is Cc1cc(C)c2nc(NC(=O)c3ccc(Cl)nn3)sc2c1. The Kier molecular flexibility index (Phi) is 3.57. The molecule has 5 nitrogen and oxygen atoms in total. The second-order valence-electron chi connectivity index (χ2n) is 4.64. The van der Waals surface area contributed by atoms with Crippen molar-refractivity contribution in [3.63, 3.8) is 0 Å². The molecule has 0 aliphatic heterocycles. The van der Waals surface area contributed by atoms with Crippen molar-refractivity contribution in [3.8, 4) is 0 Å². The van der Waals surface area contributed by atoms with Crippen LogP contribution >= 0.6 is 22.9 Å². The second-order valence-corrected chi connectivity index (χ2v) is 6.06. The van der Waals surface area contributed by atoms with Crippen molar-refractivity contribution in [2.45, 2.75) is 13.8 Å². The van der Waals surface area contributed by atoms with Gasteiger partial charge in [0.2, 0.25) is 0 Å². The maximum absolute atomic E-state index is 12.1. The number of carbonyl (C=O) groups is 1. The molecule has 0 fully saturated rings. The molecule has 106 valence electrons. The quantitative estimate of drug-likeness (QED) is 0.783. The molecule has 0 bridgehead atoms. The van der Waals surface area contributed by atoms with Crippen LogP contribution in [0.25, 0.3) is 10.2 Å². The number of anilines is 1. The lowest BCUT2D eigenvalue weighted by Gasteiger charge is -1.99. The lowest BCUT2D eigenvalue weighted by Crippen LogP contribution is -2.13. The largest absolute Gasteiger partial charge is 0.296 e. The number of nitrogens with zero attached hydrogens (tertiary/aromatic N) is 3. The fraction of sp³-hybridized carbons (Fsp3) is 0.143. The summed E-state index contributed by atoms with van der Waals surface area (Å²) in [5.74, 6) is -0.354. The number of benzene rings is 1. The van der Waals surface area contributed by atoms with Gasteiger partial charge in [-0.05, 0) is 43.2 Å². The molecule has 1 N–H and O–H groups in total. The van der Waals surface area contributed by atoms with E-state index in [0.717, 1.165) is 15.8 Å². The molecule has 0 saturated carbocycles. The summed E-state index contributed by atoms with van der Waals surface area (Å²) < 4.78 is 1.05. The van der Waals surface area contributed by atoms with Crippen molar-refractivity contribution < 1.29 is 4.79 Å². The van der Waals surface area contributed by atoms with E-state index in [0.29, 0.717) is 5.13 Å². The smallest absolute Gasteiger partial charge is 0.277 e. The van der Waals surface area contributed by atoms with Gasteiger partial charge in [-0.15, -0.1) is 10.2 Å². The Labute approximate surface area is 130 Å². The van der Waals surface area contributed by atoms with Crippen molar-refractivity contribution in [3.05, 3.63) is 46.2 Å². The van der Waals surface area contributed by atoms with Crippen LogP contribution in [0.4, 0.5) is 5.13 Å². The maximum Gasteiger partial charge on any atom is 0.277 e. The van der Waals surface area contributed by atoms with E-state index in [4.69, 9.17) is 11.6 Å². The normalized spacial score (nSPS) is 10.8. The zero-order valence-electron chi connectivity index (χ0n) is 11.3. The average molecular weight is 319 g/mol. The lowest BCUT2D eigenvalue weighted by molar-refractivity contribution is 0.102. The Balaban J connectivity index is 1.89. The van der Waals surface area contributed by atoms with Crippen LogP contribution in [-0.4, -0.2) is 21.1 Å². The Morgan fingerprint density at radius 2 is 2.05 bits per heavy atom. The minimum atomic E-state index is -0.354.